The minimum atomic E-state index is 0.360. The van der Waals surface area contributed by atoms with Gasteiger partial charge in [0.25, 0.3) is 0 Å². The summed E-state index contributed by atoms with van der Waals surface area (Å²) in [5, 5.41) is 22.1. The molecule has 0 N–H and O–H groups in total. The zero-order valence-corrected chi connectivity index (χ0v) is 72.1. The fourth-order valence-electron chi connectivity index (χ4n) is 19.3. The summed E-state index contributed by atoms with van der Waals surface area (Å²) in [5.41, 5.74) is 12.2. The zero-order valence-electron chi connectivity index (χ0n) is 72.1. The number of hydrogen-bond donors (Lipinski definition) is 0. The summed E-state index contributed by atoms with van der Waals surface area (Å²) in [6.07, 6.45) is 26.7. The van der Waals surface area contributed by atoms with Crippen LogP contribution in [0.1, 0.15) is 0 Å². The molecular weight excluding hydrogens is 1720 g/mol. The minimum Gasteiger partial charge on any atom is -0.263 e. The van der Waals surface area contributed by atoms with Crippen LogP contribution in [-0.4, -0.2) is 147 Å². The number of aromatic nitrogens is 30. The fraction of sp³-hybridized carbons (Fsp3) is 0. The third-order valence-corrected chi connectivity index (χ3v) is 25.3. The van der Waals surface area contributed by atoms with Crippen molar-refractivity contribution < 1.29 is 0 Å². The van der Waals surface area contributed by atoms with Crippen molar-refractivity contribution >= 4 is 197 Å². The van der Waals surface area contributed by atoms with E-state index in [0.717, 1.165) is 141 Å². The quantitative estimate of drug-likeness (QED) is 0.121. The molecule has 0 aliphatic heterocycles. The normalized spacial score (nSPS) is 11.9. The number of nitrogens with zero attached hydrogens (tertiary/aromatic N) is 30. The van der Waals surface area contributed by atoms with Crippen molar-refractivity contribution in [1.29, 1.82) is 0 Å². The fourth-order valence-corrected chi connectivity index (χ4v) is 19.3. The average molecular weight is 1780 g/mol. The zero-order chi connectivity index (χ0) is 90.6. The lowest BCUT2D eigenvalue weighted by molar-refractivity contribution is 0.872. The maximum absolute atomic E-state index is 5.13. The average Bonchev–Trinajstić information content (AvgIpc) is 1.63. The number of pyridine rings is 15. The summed E-state index contributed by atoms with van der Waals surface area (Å²) in [6.45, 7) is 0. The first-order chi connectivity index (χ1) is 68.5. The predicted molar refractivity (Wildman–Crippen MR) is 534 cm³/mol. The van der Waals surface area contributed by atoms with Crippen LogP contribution in [0.25, 0.3) is 267 Å². The van der Waals surface area contributed by atoms with Gasteiger partial charge in [-0.2, -0.15) is 44.9 Å². The maximum atomic E-state index is 5.13. The number of rotatable bonds is 9. The van der Waals surface area contributed by atoms with Crippen molar-refractivity contribution in [3.8, 4) is 70.0 Å². The number of benzene rings is 6. The second-order valence-corrected chi connectivity index (χ2v) is 33.0. The van der Waals surface area contributed by atoms with Crippen LogP contribution in [0.5, 0.6) is 0 Å². The van der Waals surface area contributed by atoms with Gasteiger partial charge in [0, 0.05) is 196 Å². The Balaban J connectivity index is 0.000000102. The molecule has 138 heavy (non-hydrogen) atoms. The van der Waals surface area contributed by atoms with E-state index < -0.39 is 0 Å². The van der Waals surface area contributed by atoms with Crippen LogP contribution in [0.15, 0.2) is 366 Å². The van der Waals surface area contributed by atoms with E-state index in [1.54, 1.807) is 74.4 Å². The molecule has 0 saturated carbocycles. The summed E-state index contributed by atoms with van der Waals surface area (Å²) in [6, 6.07) is 90.9. The lowest BCUT2D eigenvalue weighted by atomic mass is 10.0. The van der Waals surface area contributed by atoms with Gasteiger partial charge in [0.05, 0.1) is 11.0 Å². The SMILES string of the molecule is c1ccc2c(c1)ccc1c(-c3nc(-n4c5ncccc5c5cccnc54)nc(-n4c5ncccc5c5cccnc54)n3)cncc12.c1ccc2c(c1)ccc1cc(-c3nc(-n4c5ncccc5c5cccnc54)nc(-n4c5ncccc5c5cccnc54)n3)cnc12.c1ccc2c(c1)ccc1ccc(-c3nc(-n4c5ncccc5c5cccnc54)nc(-n4c5ncccc5c5cccnc54)n3)nc12. The van der Waals surface area contributed by atoms with E-state index in [9.17, 15) is 0 Å². The second-order valence-electron chi connectivity index (χ2n) is 33.0. The lowest BCUT2D eigenvalue weighted by Crippen LogP contribution is -2.11. The molecule has 0 spiro atoms. The highest BCUT2D eigenvalue weighted by Gasteiger charge is 2.29. The van der Waals surface area contributed by atoms with E-state index in [0.29, 0.717) is 127 Å². The van der Waals surface area contributed by atoms with Gasteiger partial charge < -0.3 is 0 Å². The van der Waals surface area contributed by atoms with Crippen molar-refractivity contribution in [2.24, 2.45) is 0 Å². The third-order valence-electron chi connectivity index (χ3n) is 25.3. The topological polar surface area (TPSA) is 339 Å². The largest absolute Gasteiger partial charge is 0.263 e. The molecule has 0 aliphatic rings. The first-order valence-electron chi connectivity index (χ1n) is 44.3. The van der Waals surface area contributed by atoms with E-state index in [1.165, 1.54) is 0 Å². The summed E-state index contributed by atoms with van der Waals surface area (Å²) in [5.74, 6) is 3.52. The lowest BCUT2D eigenvalue weighted by Gasteiger charge is -2.12. The van der Waals surface area contributed by atoms with Gasteiger partial charge in [0.1, 0.15) is 73.5 Å². The van der Waals surface area contributed by atoms with Crippen molar-refractivity contribution in [1.82, 2.24) is 147 Å². The van der Waals surface area contributed by atoms with Crippen LogP contribution in [0.3, 0.4) is 0 Å². The highest BCUT2D eigenvalue weighted by Crippen LogP contribution is 2.41. The summed E-state index contributed by atoms with van der Waals surface area (Å²) < 4.78 is 11.3. The Morgan fingerprint density at radius 3 is 0.775 bits per heavy atom. The Morgan fingerprint density at radius 2 is 0.428 bits per heavy atom. The Labute approximate surface area is 775 Å². The molecule has 30 nitrogen and oxygen atoms in total. The molecule has 0 unspecified atom stereocenters. The van der Waals surface area contributed by atoms with Crippen molar-refractivity contribution in [3.63, 3.8) is 0 Å². The van der Waals surface area contributed by atoms with Gasteiger partial charge in [0.15, 0.2) is 17.5 Å². The molecule has 0 atom stereocenters. The van der Waals surface area contributed by atoms with E-state index >= 15 is 0 Å². The molecule has 0 fully saturated rings. The van der Waals surface area contributed by atoms with E-state index in [-0.39, 0.29) is 0 Å². The van der Waals surface area contributed by atoms with Gasteiger partial charge in [0.2, 0.25) is 35.7 Å². The molecule has 0 aliphatic carbocycles. The molecular formula is C108H60N30. The highest BCUT2D eigenvalue weighted by molar-refractivity contribution is 6.15. The van der Waals surface area contributed by atoms with Gasteiger partial charge in [-0.25, -0.2) is 92.2 Å². The molecule has 0 saturated heterocycles. The van der Waals surface area contributed by atoms with Crippen LogP contribution in [-0.2, 0) is 0 Å². The Hall–Kier alpha value is -20.0. The van der Waals surface area contributed by atoms with E-state index in [2.05, 4.69) is 89.9 Å². The smallest absolute Gasteiger partial charge is 0.242 e. The van der Waals surface area contributed by atoms with Gasteiger partial charge in [-0.3, -0.25) is 9.97 Å². The van der Waals surface area contributed by atoms with Crippen LogP contribution in [0, 0.1) is 0 Å². The first kappa shape index (κ1) is 76.8. The van der Waals surface area contributed by atoms with E-state index in [1.807, 2.05) is 234 Å². The van der Waals surface area contributed by atoms with Gasteiger partial charge >= 0.3 is 0 Å². The van der Waals surface area contributed by atoms with Crippen molar-refractivity contribution in [3.05, 3.63) is 366 Å². The van der Waals surface area contributed by atoms with Crippen LogP contribution in [0.2, 0.25) is 0 Å². The summed E-state index contributed by atoms with van der Waals surface area (Å²) >= 11 is 0. The van der Waals surface area contributed by atoms with Gasteiger partial charge in [-0.05, 0) is 185 Å². The number of fused-ring (bicyclic) bond motifs is 27. The van der Waals surface area contributed by atoms with Gasteiger partial charge in [-0.15, -0.1) is 0 Å². The molecule has 30 aromatic rings. The number of hydrogen-bond acceptors (Lipinski definition) is 24. The molecule has 24 aromatic heterocycles. The summed E-state index contributed by atoms with van der Waals surface area (Å²) in [7, 11) is 0. The molecule has 0 bridgehead atoms. The molecule has 642 valence electrons. The Kier molecular flexibility index (Phi) is 17.1. The molecule has 0 amide bonds. The van der Waals surface area contributed by atoms with Crippen molar-refractivity contribution in [2.45, 2.75) is 0 Å². The molecule has 30 rings (SSSR count). The Morgan fingerprint density at radius 1 is 0.159 bits per heavy atom. The highest BCUT2D eigenvalue weighted by atomic mass is 15.3. The maximum Gasteiger partial charge on any atom is 0.242 e. The first-order valence-corrected chi connectivity index (χ1v) is 44.3. The molecule has 30 heteroatoms. The van der Waals surface area contributed by atoms with Crippen LogP contribution in [0.4, 0.5) is 0 Å². The second kappa shape index (κ2) is 30.8. The monoisotopic (exact) mass is 1780 g/mol. The summed E-state index contributed by atoms with van der Waals surface area (Å²) in [4.78, 5) is 117. The standard InChI is InChI=1S/3C36H20N10/c1-2-8-23-21(7-1)13-14-22-15-16-28(41-29(22)23)30-42-35(45-31-24(9-3-17-37-31)25-10-4-18-38-32(25)45)44-36(43-30)46-33-26(11-5-19-39-33)27-12-6-20-40-34(27)46;1-2-8-24-21(7-1)13-14-22-19-23(20-41-29(22)24)30-42-35(45-31-25(9-3-15-37-31)26-10-4-16-38-32(26)45)44-36(43-30)46-33-27(11-5-17-39-33)28-12-6-18-40-34(28)46;1-2-8-22-21(7-1)13-14-23-28(22)19-37-20-29(23)30-42-35(45-31-24(9-3-15-38-31)25-10-4-16-39-32(25)45)44-36(43-30)46-33-26(11-5-17-40-33)27-12-6-18-41-34(27)46/h3*1-20H. The molecule has 24 heterocycles. The predicted octanol–water partition coefficient (Wildman–Crippen LogP) is 21.0. The van der Waals surface area contributed by atoms with Crippen molar-refractivity contribution in [2.75, 3.05) is 0 Å². The van der Waals surface area contributed by atoms with E-state index in [4.69, 9.17) is 115 Å². The molecule has 6 aromatic carbocycles. The third kappa shape index (κ3) is 12.1. The molecule has 0 radical (unpaired) electrons. The minimum absolute atomic E-state index is 0.360. The van der Waals surface area contributed by atoms with Gasteiger partial charge in [-0.1, -0.05) is 115 Å². The van der Waals surface area contributed by atoms with Crippen LogP contribution < -0.4 is 0 Å². The Bertz CT molecular complexity index is 9600. The van der Waals surface area contributed by atoms with Crippen LogP contribution >= 0.6 is 0 Å².